The van der Waals surface area contributed by atoms with Crippen LogP contribution in [0.5, 0.6) is 5.75 Å². The highest BCUT2D eigenvalue weighted by Crippen LogP contribution is 2.27. The molecule has 0 aliphatic rings. The average Bonchev–Trinajstić information content (AvgIpc) is 2.30. The molecule has 0 aromatic heterocycles. The predicted octanol–water partition coefficient (Wildman–Crippen LogP) is 2.65. The van der Waals surface area contributed by atoms with Crippen molar-refractivity contribution in [1.82, 2.24) is 5.32 Å². The summed E-state index contributed by atoms with van der Waals surface area (Å²) < 4.78 is 0. The van der Waals surface area contributed by atoms with E-state index in [1.807, 2.05) is 27.7 Å². The van der Waals surface area contributed by atoms with Crippen molar-refractivity contribution < 1.29 is 19.8 Å². The fourth-order valence-corrected chi connectivity index (χ4v) is 1.39. The Bertz CT molecular complexity index is 520. The predicted molar refractivity (Wildman–Crippen MR) is 76.1 cm³/mol. The van der Waals surface area contributed by atoms with E-state index in [1.54, 1.807) is 0 Å². The summed E-state index contributed by atoms with van der Waals surface area (Å²) in [6.07, 6.45) is 0. The molecular formula is C14H20N2O4. The number of aromatic carboxylic acids is 1. The monoisotopic (exact) mass is 280 g/mol. The highest BCUT2D eigenvalue weighted by atomic mass is 16.4. The molecule has 6 heteroatoms. The molecule has 20 heavy (non-hydrogen) atoms. The van der Waals surface area contributed by atoms with E-state index in [1.165, 1.54) is 18.2 Å². The number of hydrogen-bond donors (Lipinski definition) is 4. The van der Waals surface area contributed by atoms with Crippen LogP contribution in [0.2, 0.25) is 0 Å². The fourth-order valence-electron chi connectivity index (χ4n) is 1.39. The van der Waals surface area contributed by atoms with Gasteiger partial charge in [0.25, 0.3) is 0 Å². The number of amides is 2. The lowest BCUT2D eigenvalue weighted by molar-refractivity contribution is 0.0693. The van der Waals surface area contributed by atoms with Crippen molar-refractivity contribution in [2.75, 3.05) is 5.32 Å². The maximum Gasteiger partial charge on any atom is 0.339 e. The smallest absolute Gasteiger partial charge is 0.339 e. The molecule has 1 aromatic carbocycles. The molecule has 0 saturated heterocycles. The van der Waals surface area contributed by atoms with Gasteiger partial charge in [0.05, 0.1) is 5.69 Å². The van der Waals surface area contributed by atoms with Gasteiger partial charge in [0.15, 0.2) is 5.75 Å². The first-order valence-electron chi connectivity index (χ1n) is 6.25. The van der Waals surface area contributed by atoms with Crippen LogP contribution in [0.1, 0.15) is 38.1 Å². The van der Waals surface area contributed by atoms with Gasteiger partial charge in [-0.3, -0.25) is 0 Å². The van der Waals surface area contributed by atoms with Gasteiger partial charge in [-0.05, 0) is 24.5 Å². The van der Waals surface area contributed by atoms with E-state index < -0.39 is 17.7 Å². The summed E-state index contributed by atoms with van der Waals surface area (Å²) in [5.74, 6) is -1.71. The van der Waals surface area contributed by atoms with E-state index in [-0.39, 0.29) is 22.7 Å². The number of carboxylic acid groups (broad SMARTS) is 1. The Morgan fingerprint density at radius 1 is 1.25 bits per heavy atom. The molecule has 1 atom stereocenters. The van der Waals surface area contributed by atoms with E-state index in [4.69, 9.17) is 5.11 Å². The van der Waals surface area contributed by atoms with Crippen molar-refractivity contribution >= 4 is 17.7 Å². The first-order chi connectivity index (χ1) is 9.12. The minimum Gasteiger partial charge on any atom is -0.505 e. The molecule has 0 aliphatic carbocycles. The summed E-state index contributed by atoms with van der Waals surface area (Å²) in [6.45, 7) is 7.83. The van der Waals surface area contributed by atoms with Crippen molar-refractivity contribution in [3.8, 4) is 5.75 Å². The summed E-state index contributed by atoms with van der Waals surface area (Å²) in [5, 5.41) is 23.8. The molecular weight excluding hydrogens is 260 g/mol. The molecule has 110 valence electrons. The molecule has 0 spiro atoms. The van der Waals surface area contributed by atoms with Crippen LogP contribution in [0.4, 0.5) is 10.5 Å². The lowest BCUT2D eigenvalue weighted by atomic mass is 9.88. The van der Waals surface area contributed by atoms with Gasteiger partial charge in [-0.2, -0.15) is 0 Å². The van der Waals surface area contributed by atoms with Crippen molar-refractivity contribution in [2.45, 2.75) is 33.7 Å². The number of urea groups is 1. The largest absolute Gasteiger partial charge is 0.505 e. The Labute approximate surface area is 117 Å². The zero-order chi connectivity index (χ0) is 15.5. The average molecular weight is 280 g/mol. The number of carbonyl (C=O) groups excluding carboxylic acids is 1. The SMILES string of the molecule is CC(NC(=O)Nc1cccc(C(=O)O)c1O)C(C)(C)C. The molecule has 0 heterocycles. The van der Waals surface area contributed by atoms with Crippen molar-refractivity contribution in [2.24, 2.45) is 5.41 Å². The summed E-state index contributed by atoms with van der Waals surface area (Å²) in [7, 11) is 0. The van der Waals surface area contributed by atoms with Crippen LogP contribution in [0.3, 0.4) is 0 Å². The van der Waals surface area contributed by atoms with Crippen LogP contribution in [-0.2, 0) is 0 Å². The van der Waals surface area contributed by atoms with Gasteiger partial charge < -0.3 is 20.8 Å². The number of nitrogens with one attached hydrogen (secondary N) is 2. The molecule has 6 nitrogen and oxygen atoms in total. The summed E-state index contributed by atoms with van der Waals surface area (Å²) >= 11 is 0. The van der Waals surface area contributed by atoms with Gasteiger partial charge in [0.2, 0.25) is 0 Å². The number of hydrogen-bond acceptors (Lipinski definition) is 3. The summed E-state index contributed by atoms with van der Waals surface area (Å²) in [4.78, 5) is 22.7. The zero-order valence-corrected chi connectivity index (χ0v) is 12.0. The van der Waals surface area contributed by atoms with Gasteiger partial charge in [0, 0.05) is 6.04 Å². The van der Waals surface area contributed by atoms with Crippen LogP contribution in [0.25, 0.3) is 0 Å². The molecule has 1 unspecified atom stereocenters. The highest BCUT2D eigenvalue weighted by Gasteiger charge is 2.22. The second-order valence-corrected chi connectivity index (χ2v) is 5.69. The van der Waals surface area contributed by atoms with E-state index in [9.17, 15) is 14.7 Å². The third-order valence-electron chi connectivity index (χ3n) is 3.16. The van der Waals surface area contributed by atoms with E-state index in [0.717, 1.165) is 0 Å². The molecule has 0 radical (unpaired) electrons. The maximum absolute atomic E-state index is 11.8. The maximum atomic E-state index is 11.8. The fraction of sp³-hybridized carbons (Fsp3) is 0.429. The quantitative estimate of drug-likeness (QED) is 0.640. The minimum absolute atomic E-state index is 0.0588. The van der Waals surface area contributed by atoms with Crippen LogP contribution < -0.4 is 10.6 Å². The highest BCUT2D eigenvalue weighted by molar-refractivity contribution is 5.97. The summed E-state index contributed by atoms with van der Waals surface area (Å²) in [6, 6.07) is 3.56. The molecule has 1 aromatic rings. The molecule has 0 fully saturated rings. The molecule has 0 aliphatic heterocycles. The normalized spacial score (nSPS) is 12.6. The Morgan fingerprint density at radius 3 is 2.35 bits per heavy atom. The van der Waals surface area contributed by atoms with Crippen LogP contribution in [-0.4, -0.2) is 28.3 Å². The Kier molecular flexibility index (Phi) is 4.60. The Morgan fingerprint density at radius 2 is 1.85 bits per heavy atom. The first kappa shape index (κ1) is 15.8. The molecule has 0 bridgehead atoms. The second kappa shape index (κ2) is 5.81. The van der Waals surface area contributed by atoms with Gasteiger partial charge in [-0.15, -0.1) is 0 Å². The van der Waals surface area contributed by atoms with Crippen LogP contribution in [0, 0.1) is 5.41 Å². The number of aromatic hydroxyl groups is 1. The van der Waals surface area contributed by atoms with Crippen molar-refractivity contribution in [3.05, 3.63) is 23.8 Å². The Balaban J connectivity index is 2.82. The topological polar surface area (TPSA) is 98.7 Å². The lowest BCUT2D eigenvalue weighted by Gasteiger charge is -2.28. The second-order valence-electron chi connectivity index (χ2n) is 5.69. The number of para-hydroxylation sites is 1. The number of anilines is 1. The molecule has 2 amide bonds. The minimum atomic E-state index is -1.25. The number of rotatable bonds is 3. The van der Waals surface area contributed by atoms with Gasteiger partial charge >= 0.3 is 12.0 Å². The lowest BCUT2D eigenvalue weighted by Crippen LogP contribution is -2.43. The molecule has 0 saturated carbocycles. The summed E-state index contributed by atoms with van der Waals surface area (Å²) in [5.41, 5.74) is -0.308. The first-order valence-corrected chi connectivity index (χ1v) is 6.25. The van der Waals surface area contributed by atoms with Crippen LogP contribution in [0.15, 0.2) is 18.2 Å². The molecule has 4 N–H and O–H groups in total. The van der Waals surface area contributed by atoms with Crippen molar-refractivity contribution in [1.29, 1.82) is 0 Å². The van der Waals surface area contributed by atoms with Crippen molar-refractivity contribution in [3.63, 3.8) is 0 Å². The number of benzene rings is 1. The van der Waals surface area contributed by atoms with Gasteiger partial charge in [0.1, 0.15) is 5.56 Å². The number of phenols is 1. The van der Waals surface area contributed by atoms with Gasteiger partial charge in [-0.1, -0.05) is 26.8 Å². The number of carbonyl (C=O) groups is 2. The Hall–Kier alpha value is -2.24. The number of carboxylic acids is 1. The third-order valence-corrected chi connectivity index (χ3v) is 3.16. The molecule has 1 rings (SSSR count). The van der Waals surface area contributed by atoms with E-state index in [0.29, 0.717) is 0 Å². The van der Waals surface area contributed by atoms with E-state index >= 15 is 0 Å². The standard InChI is InChI=1S/C14H20N2O4/c1-8(14(2,3)4)15-13(20)16-10-7-5-6-9(11(10)17)12(18)19/h5-8,17H,1-4H3,(H,18,19)(H2,15,16,20). The zero-order valence-electron chi connectivity index (χ0n) is 12.0. The van der Waals surface area contributed by atoms with Gasteiger partial charge in [-0.25, -0.2) is 9.59 Å². The third kappa shape index (κ3) is 3.88. The van der Waals surface area contributed by atoms with E-state index in [2.05, 4.69) is 10.6 Å². The van der Waals surface area contributed by atoms with Crippen LogP contribution >= 0.6 is 0 Å².